The lowest BCUT2D eigenvalue weighted by Gasteiger charge is -2.22. The molecular weight excluding hydrogens is 256 g/mol. The average Bonchev–Trinajstić information content (AvgIpc) is 2.53. The maximum atomic E-state index is 11.5. The number of nitrogens with zero attached hydrogens (tertiary/aromatic N) is 1. The Balaban J connectivity index is 2.46. The van der Waals surface area contributed by atoms with Crippen LogP contribution in [0.1, 0.15) is 20.8 Å². The topological polar surface area (TPSA) is 84.4 Å². The van der Waals surface area contributed by atoms with Crippen LogP contribution >= 0.6 is 23.6 Å². The van der Waals surface area contributed by atoms with Crippen LogP contribution in [0.3, 0.4) is 0 Å². The highest BCUT2D eigenvalue weighted by atomic mass is 32.1. The number of primary amides is 1. The van der Waals surface area contributed by atoms with Gasteiger partial charge in [-0.1, -0.05) is 0 Å². The summed E-state index contributed by atoms with van der Waals surface area (Å²) in [5.41, 5.74) is 12.5. The number of carbonyl (C=O) groups is 1. The molecule has 1 aromatic heterocycles. The third kappa shape index (κ3) is 2.41. The molecule has 0 aliphatic carbocycles. The summed E-state index contributed by atoms with van der Waals surface area (Å²) in [7, 11) is 2.05. The second-order valence-corrected chi connectivity index (χ2v) is 5.59. The van der Waals surface area contributed by atoms with Crippen LogP contribution in [0.2, 0.25) is 0 Å². The number of amides is 1. The van der Waals surface area contributed by atoms with Gasteiger partial charge in [-0.2, -0.15) is 0 Å². The number of anilines is 1. The second kappa shape index (κ2) is 4.59. The fraction of sp³-hybridized carbons (Fsp3) is 0.400. The number of nitrogens with one attached hydrogen (secondary N) is 1. The van der Waals surface area contributed by atoms with Gasteiger partial charge in [0.1, 0.15) is 5.00 Å². The van der Waals surface area contributed by atoms with Gasteiger partial charge in [0.05, 0.1) is 5.56 Å². The lowest BCUT2D eigenvalue weighted by molar-refractivity contribution is 0.1000. The van der Waals surface area contributed by atoms with E-state index in [1.807, 2.05) is 7.05 Å². The number of nitrogens with two attached hydrogens (primary N) is 2. The van der Waals surface area contributed by atoms with Gasteiger partial charge in [-0.3, -0.25) is 4.79 Å². The molecule has 5 nitrogen and oxygen atoms in total. The summed E-state index contributed by atoms with van der Waals surface area (Å²) < 4.78 is 0. The summed E-state index contributed by atoms with van der Waals surface area (Å²) >= 11 is 6.30. The summed E-state index contributed by atoms with van der Waals surface area (Å²) in [4.78, 5) is 14.9. The molecule has 0 spiro atoms. The van der Waals surface area contributed by atoms with E-state index in [-0.39, 0.29) is 5.11 Å². The van der Waals surface area contributed by atoms with Crippen molar-refractivity contribution >= 4 is 39.6 Å². The van der Waals surface area contributed by atoms with E-state index >= 15 is 0 Å². The Bertz CT molecular complexity index is 483. The quantitative estimate of drug-likeness (QED) is 0.681. The van der Waals surface area contributed by atoms with Crippen LogP contribution in [0.4, 0.5) is 5.00 Å². The number of hydrogen-bond acceptors (Lipinski definition) is 4. The summed E-state index contributed by atoms with van der Waals surface area (Å²) in [6, 6.07) is 0. The van der Waals surface area contributed by atoms with Crippen molar-refractivity contribution in [3.05, 3.63) is 16.0 Å². The third-order valence-corrected chi connectivity index (χ3v) is 3.97. The van der Waals surface area contributed by atoms with Crippen molar-refractivity contribution in [1.29, 1.82) is 0 Å². The van der Waals surface area contributed by atoms with Crippen molar-refractivity contribution in [3.8, 4) is 0 Å². The molecule has 0 bridgehead atoms. The highest BCUT2D eigenvalue weighted by Gasteiger charge is 2.25. The highest BCUT2D eigenvalue weighted by molar-refractivity contribution is 7.80. The molecule has 0 unspecified atom stereocenters. The zero-order valence-electron chi connectivity index (χ0n) is 9.45. The van der Waals surface area contributed by atoms with Gasteiger partial charge in [0, 0.05) is 18.0 Å². The normalized spacial score (nSPS) is 15.4. The SMILES string of the molecule is CN1CCc2c(sc(NC(N)=S)c2C(N)=O)C1. The molecule has 92 valence electrons. The molecule has 1 aromatic rings. The smallest absolute Gasteiger partial charge is 0.251 e. The van der Waals surface area contributed by atoms with Gasteiger partial charge in [-0.25, -0.2) is 0 Å². The van der Waals surface area contributed by atoms with Gasteiger partial charge < -0.3 is 21.7 Å². The maximum absolute atomic E-state index is 11.5. The first-order valence-corrected chi connectivity index (χ1v) is 6.41. The third-order valence-electron chi connectivity index (χ3n) is 2.73. The van der Waals surface area contributed by atoms with Gasteiger partial charge in [0.15, 0.2) is 5.11 Å². The zero-order valence-corrected chi connectivity index (χ0v) is 11.1. The molecule has 5 N–H and O–H groups in total. The van der Waals surface area contributed by atoms with Crippen molar-refractivity contribution in [2.75, 3.05) is 18.9 Å². The molecule has 2 rings (SSSR count). The molecular formula is C10H14N4OS2. The van der Waals surface area contributed by atoms with Crippen LogP contribution in [-0.4, -0.2) is 29.5 Å². The van der Waals surface area contributed by atoms with Crippen LogP contribution in [0.15, 0.2) is 0 Å². The lowest BCUT2D eigenvalue weighted by atomic mass is 10.0. The molecule has 0 atom stereocenters. The summed E-state index contributed by atoms with van der Waals surface area (Å²) in [6.45, 7) is 1.76. The van der Waals surface area contributed by atoms with Crippen molar-refractivity contribution in [1.82, 2.24) is 4.90 Å². The minimum atomic E-state index is -0.425. The number of likely N-dealkylation sites (N-methyl/N-ethyl adjacent to an activating group) is 1. The van der Waals surface area contributed by atoms with Crippen LogP contribution in [0.5, 0.6) is 0 Å². The number of rotatable bonds is 2. The molecule has 0 aromatic carbocycles. The summed E-state index contributed by atoms with van der Waals surface area (Å²) in [5, 5.41) is 3.66. The number of thiophene rings is 1. The van der Waals surface area contributed by atoms with E-state index in [0.29, 0.717) is 10.6 Å². The molecule has 1 amide bonds. The molecule has 0 fully saturated rings. The van der Waals surface area contributed by atoms with Crippen molar-refractivity contribution < 1.29 is 4.79 Å². The first-order chi connectivity index (χ1) is 7.99. The molecule has 1 aliphatic heterocycles. The summed E-state index contributed by atoms with van der Waals surface area (Å²) in [6.07, 6.45) is 0.833. The molecule has 0 saturated heterocycles. The first-order valence-electron chi connectivity index (χ1n) is 5.18. The Labute approximate surface area is 109 Å². The molecule has 2 heterocycles. The highest BCUT2D eigenvalue weighted by Crippen LogP contribution is 2.36. The fourth-order valence-corrected chi connectivity index (χ4v) is 3.50. The average molecular weight is 270 g/mol. The maximum Gasteiger partial charge on any atom is 0.251 e. The minimum Gasteiger partial charge on any atom is -0.376 e. The van der Waals surface area contributed by atoms with Gasteiger partial charge >= 0.3 is 0 Å². The van der Waals surface area contributed by atoms with E-state index in [9.17, 15) is 4.79 Å². The minimum absolute atomic E-state index is 0.152. The Morgan fingerprint density at radius 1 is 1.53 bits per heavy atom. The van der Waals surface area contributed by atoms with Crippen LogP contribution in [-0.2, 0) is 13.0 Å². The monoisotopic (exact) mass is 270 g/mol. The van der Waals surface area contributed by atoms with Gasteiger partial charge in [0.2, 0.25) is 0 Å². The van der Waals surface area contributed by atoms with Crippen molar-refractivity contribution in [2.24, 2.45) is 11.5 Å². The predicted octanol–water partition coefficient (Wildman–Crippen LogP) is 0.490. The fourth-order valence-electron chi connectivity index (χ4n) is 1.99. The predicted molar refractivity (Wildman–Crippen MR) is 73.3 cm³/mol. The van der Waals surface area contributed by atoms with Gasteiger partial charge in [-0.05, 0) is 31.2 Å². The lowest BCUT2D eigenvalue weighted by Crippen LogP contribution is -2.27. The number of hydrogen-bond donors (Lipinski definition) is 3. The Hall–Kier alpha value is -1.18. The van der Waals surface area contributed by atoms with E-state index in [1.165, 1.54) is 11.3 Å². The van der Waals surface area contributed by atoms with Crippen LogP contribution in [0.25, 0.3) is 0 Å². The molecule has 0 radical (unpaired) electrons. The zero-order chi connectivity index (χ0) is 12.6. The number of fused-ring (bicyclic) bond motifs is 1. The van der Waals surface area contributed by atoms with Crippen LogP contribution in [0, 0.1) is 0 Å². The van der Waals surface area contributed by atoms with Gasteiger partial charge in [-0.15, -0.1) is 11.3 Å². The van der Waals surface area contributed by atoms with E-state index in [0.717, 1.165) is 30.0 Å². The van der Waals surface area contributed by atoms with E-state index < -0.39 is 5.91 Å². The Kier molecular flexibility index (Phi) is 3.32. The molecule has 1 aliphatic rings. The molecule has 0 saturated carbocycles. The standard InChI is InChI=1S/C10H14N4OS2/c1-14-3-2-5-6(4-14)17-9(13-10(12)16)7(5)8(11)15/h2-4H2,1H3,(H2,11,15)(H3,12,13,16). The van der Waals surface area contributed by atoms with Crippen molar-refractivity contribution in [3.63, 3.8) is 0 Å². The van der Waals surface area contributed by atoms with Crippen molar-refractivity contribution in [2.45, 2.75) is 13.0 Å². The first kappa shape index (κ1) is 12.3. The number of carbonyl (C=O) groups excluding carboxylic acids is 1. The molecule has 7 heteroatoms. The van der Waals surface area contributed by atoms with E-state index in [4.69, 9.17) is 23.7 Å². The molecule has 17 heavy (non-hydrogen) atoms. The summed E-state index contributed by atoms with van der Waals surface area (Å²) in [5.74, 6) is -0.425. The number of thiocarbonyl (C=S) groups is 1. The largest absolute Gasteiger partial charge is 0.376 e. The van der Waals surface area contributed by atoms with E-state index in [1.54, 1.807) is 0 Å². The van der Waals surface area contributed by atoms with E-state index in [2.05, 4.69) is 10.2 Å². The Morgan fingerprint density at radius 2 is 2.24 bits per heavy atom. The van der Waals surface area contributed by atoms with Gasteiger partial charge in [0.25, 0.3) is 5.91 Å². The Morgan fingerprint density at radius 3 is 2.82 bits per heavy atom. The second-order valence-electron chi connectivity index (χ2n) is 4.05. The van der Waals surface area contributed by atoms with Crippen LogP contribution < -0.4 is 16.8 Å².